The van der Waals surface area contributed by atoms with E-state index in [1.807, 2.05) is 13.8 Å². The van der Waals surface area contributed by atoms with E-state index in [0.717, 1.165) is 25.9 Å². The maximum absolute atomic E-state index is 10.1. The second-order valence-corrected chi connectivity index (χ2v) is 1.90. The summed E-state index contributed by atoms with van der Waals surface area (Å²) in [6.45, 7) is 6.66. The first-order chi connectivity index (χ1) is 4.93. The molecule has 0 spiro atoms. The van der Waals surface area contributed by atoms with Gasteiger partial charge in [-0.05, 0) is 0 Å². The van der Waals surface area contributed by atoms with E-state index in [1.165, 1.54) is 0 Å². The van der Waals surface area contributed by atoms with E-state index in [4.69, 9.17) is 0 Å². The number of piperazine rings is 1. The van der Waals surface area contributed by atoms with Crippen LogP contribution in [0.1, 0.15) is 13.8 Å². The van der Waals surface area contributed by atoms with Gasteiger partial charge in [0.05, 0.1) is 6.04 Å². The second-order valence-electron chi connectivity index (χ2n) is 1.90. The molecule has 60 valence electrons. The van der Waals surface area contributed by atoms with Gasteiger partial charge in [-0.1, -0.05) is 13.8 Å². The van der Waals surface area contributed by atoms with E-state index >= 15 is 0 Å². The highest BCUT2D eigenvalue weighted by molar-refractivity contribution is 5.58. The fourth-order valence-corrected chi connectivity index (χ4v) is 0.772. The van der Waals surface area contributed by atoms with E-state index in [-0.39, 0.29) is 6.04 Å². The smallest absolute Gasteiger partial charge is 0.138 e. The van der Waals surface area contributed by atoms with Crippen LogP contribution in [0.4, 0.5) is 0 Å². The van der Waals surface area contributed by atoms with E-state index in [0.29, 0.717) is 0 Å². The predicted octanol–water partition coefficient (Wildman–Crippen LogP) is -0.227. The van der Waals surface area contributed by atoms with E-state index < -0.39 is 0 Å². The van der Waals surface area contributed by atoms with Gasteiger partial charge in [0.25, 0.3) is 0 Å². The average molecular weight is 144 g/mol. The fourth-order valence-electron chi connectivity index (χ4n) is 0.772. The first-order valence-electron chi connectivity index (χ1n) is 3.83. The van der Waals surface area contributed by atoms with Gasteiger partial charge in [-0.3, -0.25) is 0 Å². The van der Waals surface area contributed by atoms with Crippen LogP contribution in [0.15, 0.2) is 0 Å². The van der Waals surface area contributed by atoms with Crippen molar-refractivity contribution < 1.29 is 4.79 Å². The molecule has 0 saturated carbocycles. The van der Waals surface area contributed by atoms with Gasteiger partial charge >= 0.3 is 0 Å². The number of aldehydes is 1. The van der Waals surface area contributed by atoms with Gasteiger partial charge in [0.1, 0.15) is 6.29 Å². The summed E-state index contributed by atoms with van der Waals surface area (Å²) in [7, 11) is 0. The molecular weight excluding hydrogens is 128 g/mol. The van der Waals surface area contributed by atoms with E-state index in [1.54, 1.807) is 0 Å². The highest BCUT2D eigenvalue weighted by Gasteiger charge is 2.08. The molecule has 0 aromatic rings. The Hall–Kier alpha value is -0.410. The number of carbonyl (C=O) groups excluding carboxylic acids is 1. The molecule has 0 radical (unpaired) electrons. The molecule has 1 heterocycles. The van der Waals surface area contributed by atoms with Crippen LogP contribution in [0.2, 0.25) is 0 Å². The second kappa shape index (κ2) is 6.71. The predicted molar refractivity (Wildman–Crippen MR) is 42.1 cm³/mol. The summed E-state index contributed by atoms with van der Waals surface area (Å²) in [5, 5.41) is 6.13. The summed E-state index contributed by atoms with van der Waals surface area (Å²) in [4.78, 5) is 10.1. The molecule has 0 aromatic carbocycles. The highest BCUT2D eigenvalue weighted by Crippen LogP contribution is 1.79. The Labute approximate surface area is 62.2 Å². The van der Waals surface area contributed by atoms with Crippen LogP contribution in [0.3, 0.4) is 0 Å². The molecule has 1 rings (SSSR count). The van der Waals surface area contributed by atoms with Crippen LogP contribution in [-0.2, 0) is 4.79 Å². The first kappa shape index (κ1) is 9.59. The summed E-state index contributed by atoms with van der Waals surface area (Å²) in [5.41, 5.74) is 0. The third-order valence-electron chi connectivity index (χ3n) is 1.24. The minimum absolute atomic E-state index is 0.0451. The van der Waals surface area contributed by atoms with E-state index in [2.05, 4.69) is 10.6 Å². The van der Waals surface area contributed by atoms with Crippen LogP contribution in [0.5, 0.6) is 0 Å². The molecule has 0 aliphatic carbocycles. The quantitative estimate of drug-likeness (QED) is 0.500. The zero-order valence-electron chi connectivity index (χ0n) is 6.68. The molecule has 2 N–H and O–H groups in total. The molecule has 1 unspecified atom stereocenters. The Morgan fingerprint density at radius 1 is 1.40 bits per heavy atom. The number of rotatable bonds is 1. The number of nitrogens with one attached hydrogen (secondary N) is 2. The minimum atomic E-state index is 0.0451. The summed E-state index contributed by atoms with van der Waals surface area (Å²) in [5.74, 6) is 0. The normalized spacial score (nSPS) is 24.4. The standard InChI is InChI=1S/C5H10N2O.C2H6/c8-4-5-3-6-1-2-7-5;1-2/h4-7H,1-3H2;1-2H3. The Balaban J connectivity index is 0.000000371. The van der Waals surface area contributed by atoms with Crippen LogP contribution in [0.25, 0.3) is 0 Å². The summed E-state index contributed by atoms with van der Waals surface area (Å²) < 4.78 is 0. The topological polar surface area (TPSA) is 41.1 Å². The third kappa shape index (κ3) is 3.58. The first-order valence-corrected chi connectivity index (χ1v) is 3.83. The molecule has 0 bridgehead atoms. The van der Waals surface area contributed by atoms with Crippen molar-refractivity contribution in [2.24, 2.45) is 0 Å². The number of hydrogen-bond donors (Lipinski definition) is 2. The Bertz CT molecular complexity index is 79.7. The van der Waals surface area contributed by atoms with Crippen LogP contribution in [-0.4, -0.2) is 32.0 Å². The third-order valence-corrected chi connectivity index (χ3v) is 1.24. The molecule has 1 saturated heterocycles. The average Bonchev–Trinajstić information content (AvgIpc) is 2.10. The molecule has 3 nitrogen and oxygen atoms in total. The molecule has 1 fully saturated rings. The van der Waals surface area contributed by atoms with E-state index in [9.17, 15) is 4.79 Å². The zero-order valence-corrected chi connectivity index (χ0v) is 6.68. The van der Waals surface area contributed by atoms with Crippen molar-refractivity contribution in [1.29, 1.82) is 0 Å². The SMILES string of the molecule is CC.O=CC1CNCCN1. The van der Waals surface area contributed by atoms with Crippen LogP contribution < -0.4 is 10.6 Å². The number of hydrogen-bond acceptors (Lipinski definition) is 3. The largest absolute Gasteiger partial charge is 0.313 e. The lowest BCUT2D eigenvalue weighted by Gasteiger charge is -2.18. The van der Waals surface area contributed by atoms with Crippen molar-refractivity contribution in [3.8, 4) is 0 Å². The van der Waals surface area contributed by atoms with Crippen molar-refractivity contribution in [2.45, 2.75) is 19.9 Å². The number of carbonyl (C=O) groups is 1. The minimum Gasteiger partial charge on any atom is -0.313 e. The van der Waals surface area contributed by atoms with Gasteiger partial charge in [0.2, 0.25) is 0 Å². The van der Waals surface area contributed by atoms with Crippen molar-refractivity contribution in [3.05, 3.63) is 0 Å². The fraction of sp³-hybridized carbons (Fsp3) is 0.857. The Morgan fingerprint density at radius 3 is 2.40 bits per heavy atom. The molecule has 0 aromatic heterocycles. The molecule has 1 atom stereocenters. The van der Waals surface area contributed by atoms with Crippen molar-refractivity contribution >= 4 is 6.29 Å². The van der Waals surface area contributed by atoms with Gasteiger partial charge in [0, 0.05) is 19.6 Å². The Morgan fingerprint density at radius 2 is 2.10 bits per heavy atom. The van der Waals surface area contributed by atoms with Gasteiger partial charge in [-0.15, -0.1) is 0 Å². The molecular formula is C7H16N2O. The molecule has 0 amide bonds. The molecule has 3 heteroatoms. The summed E-state index contributed by atoms with van der Waals surface area (Å²) in [6.07, 6.45) is 0.937. The maximum Gasteiger partial charge on any atom is 0.138 e. The lowest BCUT2D eigenvalue weighted by atomic mass is 10.3. The van der Waals surface area contributed by atoms with Crippen LogP contribution >= 0.6 is 0 Å². The van der Waals surface area contributed by atoms with Gasteiger partial charge < -0.3 is 15.4 Å². The molecule has 1 aliphatic heterocycles. The van der Waals surface area contributed by atoms with Crippen molar-refractivity contribution in [3.63, 3.8) is 0 Å². The van der Waals surface area contributed by atoms with Crippen LogP contribution in [0, 0.1) is 0 Å². The monoisotopic (exact) mass is 144 g/mol. The summed E-state index contributed by atoms with van der Waals surface area (Å²) in [6, 6.07) is 0.0451. The highest BCUT2D eigenvalue weighted by atomic mass is 16.1. The Kier molecular flexibility index (Phi) is 6.43. The lowest BCUT2D eigenvalue weighted by Crippen LogP contribution is -2.48. The van der Waals surface area contributed by atoms with Gasteiger partial charge in [-0.2, -0.15) is 0 Å². The zero-order chi connectivity index (χ0) is 7.82. The van der Waals surface area contributed by atoms with Crippen molar-refractivity contribution in [2.75, 3.05) is 19.6 Å². The van der Waals surface area contributed by atoms with Gasteiger partial charge in [0.15, 0.2) is 0 Å². The van der Waals surface area contributed by atoms with Crippen molar-refractivity contribution in [1.82, 2.24) is 10.6 Å². The maximum atomic E-state index is 10.1. The molecule has 1 aliphatic rings. The van der Waals surface area contributed by atoms with Gasteiger partial charge in [-0.25, -0.2) is 0 Å². The summed E-state index contributed by atoms with van der Waals surface area (Å²) >= 11 is 0. The lowest BCUT2D eigenvalue weighted by molar-refractivity contribution is -0.109. The molecule has 10 heavy (non-hydrogen) atoms.